The zero-order valence-electron chi connectivity index (χ0n) is 15.4. The van der Waals surface area contributed by atoms with Crippen LogP contribution in [0.4, 0.5) is 0 Å². The molecule has 0 amide bonds. The molecular formula is C20H34O2. The first-order valence-electron chi connectivity index (χ1n) is 9.14. The highest BCUT2D eigenvalue weighted by atomic mass is 16.7. The van der Waals surface area contributed by atoms with Crippen LogP contribution in [0.5, 0.6) is 0 Å². The lowest BCUT2D eigenvalue weighted by Crippen LogP contribution is -2.42. The number of ether oxygens (including phenoxy) is 2. The zero-order chi connectivity index (χ0) is 16.3. The largest absolute Gasteiger partial charge is 0.351 e. The molecule has 3 aliphatic carbocycles. The van der Waals surface area contributed by atoms with Crippen molar-refractivity contribution in [3.8, 4) is 0 Å². The Morgan fingerprint density at radius 2 is 1.91 bits per heavy atom. The van der Waals surface area contributed by atoms with E-state index in [9.17, 15) is 0 Å². The molecule has 2 nitrogen and oxygen atoms in total. The number of hydrogen-bond donors (Lipinski definition) is 0. The Morgan fingerprint density at radius 3 is 2.55 bits per heavy atom. The summed E-state index contributed by atoms with van der Waals surface area (Å²) >= 11 is 0. The van der Waals surface area contributed by atoms with Crippen molar-refractivity contribution in [3.63, 3.8) is 0 Å². The van der Waals surface area contributed by atoms with E-state index in [4.69, 9.17) is 9.47 Å². The highest BCUT2D eigenvalue weighted by molar-refractivity contribution is 5.27. The minimum atomic E-state index is -0.517. The average Bonchev–Trinajstić information content (AvgIpc) is 2.80. The summed E-state index contributed by atoms with van der Waals surface area (Å²) in [5.74, 6) is 1.74. The van der Waals surface area contributed by atoms with Gasteiger partial charge in [-0.25, -0.2) is 0 Å². The highest BCUT2D eigenvalue weighted by Gasteiger charge is 2.66. The van der Waals surface area contributed by atoms with E-state index in [2.05, 4.69) is 27.4 Å². The van der Waals surface area contributed by atoms with Crippen LogP contribution in [-0.2, 0) is 9.47 Å². The molecule has 2 heteroatoms. The minimum Gasteiger partial charge on any atom is -0.351 e. The summed E-state index contributed by atoms with van der Waals surface area (Å²) in [4.78, 5) is 0. The van der Waals surface area contributed by atoms with E-state index >= 15 is 0 Å². The smallest absolute Gasteiger partial charge is 0.163 e. The third-order valence-corrected chi connectivity index (χ3v) is 7.29. The van der Waals surface area contributed by atoms with Crippen LogP contribution in [0, 0.1) is 28.6 Å². The van der Waals surface area contributed by atoms with Gasteiger partial charge in [0.25, 0.3) is 0 Å². The molecule has 0 aromatic heterocycles. The molecule has 126 valence electrons. The number of fused-ring (bicyclic) bond motifs is 1. The van der Waals surface area contributed by atoms with Gasteiger partial charge in [-0.05, 0) is 80.6 Å². The van der Waals surface area contributed by atoms with Gasteiger partial charge in [0.1, 0.15) is 0 Å². The van der Waals surface area contributed by atoms with Crippen LogP contribution in [0.15, 0.2) is 12.2 Å². The van der Waals surface area contributed by atoms with Crippen LogP contribution < -0.4 is 0 Å². The summed E-state index contributed by atoms with van der Waals surface area (Å²) in [6.07, 6.45) is 5.41. The van der Waals surface area contributed by atoms with Gasteiger partial charge >= 0.3 is 0 Å². The van der Waals surface area contributed by atoms with E-state index in [-0.39, 0.29) is 6.10 Å². The molecule has 5 atom stereocenters. The third kappa shape index (κ3) is 2.21. The standard InChI is InChI=1S/C20H34O2/c1-8-21-19(6,7)22-16-12-20-11-15(14(16)3)18(4,5)17(20)10-9-13(20)2/h13,15-17H,3,8-12H2,1-2,4-7H3. The van der Waals surface area contributed by atoms with Gasteiger partial charge in [0.2, 0.25) is 0 Å². The van der Waals surface area contributed by atoms with E-state index in [1.807, 2.05) is 20.8 Å². The molecular weight excluding hydrogens is 272 g/mol. The van der Waals surface area contributed by atoms with Gasteiger partial charge in [-0.3, -0.25) is 0 Å². The second kappa shape index (κ2) is 5.08. The van der Waals surface area contributed by atoms with E-state index in [1.165, 1.54) is 24.8 Å². The molecule has 3 saturated carbocycles. The Kier molecular flexibility index (Phi) is 3.81. The van der Waals surface area contributed by atoms with E-state index in [0.29, 0.717) is 23.4 Å². The van der Waals surface area contributed by atoms with Crippen LogP contribution in [0.3, 0.4) is 0 Å². The Hall–Kier alpha value is -0.340. The Labute approximate surface area is 136 Å². The van der Waals surface area contributed by atoms with Crippen LogP contribution in [0.1, 0.15) is 67.2 Å². The molecule has 0 aliphatic heterocycles. The summed E-state index contributed by atoms with van der Waals surface area (Å²) in [7, 11) is 0. The van der Waals surface area contributed by atoms with Gasteiger partial charge in [-0.1, -0.05) is 27.4 Å². The molecule has 22 heavy (non-hydrogen) atoms. The SMILES string of the molecule is C=C1C(OC(C)(C)OCC)CC23CC1C(C)(C)C2CCC3C. The van der Waals surface area contributed by atoms with Crippen molar-refractivity contribution in [3.05, 3.63) is 12.2 Å². The number of hydrogen-bond acceptors (Lipinski definition) is 2. The molecule has 0 N–H and O–H groups in total. The van der Waals surface area contributed by atoms with Crippen LogP contribution in [0.25, 0.3) is 0 Å². The second-order valence-corrected chi connectivity index (χ2v) is 9.06. The molecule has 0 radical (unpaired) electrons. The van der Waals surface area contributed by atoms with Gasteiger partial charge < -0.3 is 9.47 Å². The van der Waals surface area contributed by atoms with Gasteiger partial charge in [-0.2, -0.15) is 0 Å². The number of rotatable bonds is 4. The van der Waals surface area contributed by atoms with Gasteiger partial charge in [-0.15, -0.1) is 0 Å². The molecule has 5 unspecified atom stereocenters. The molecule has 0 aromatic rings. The quantitative estimate of drug-likeness (QED) is 0.526. The van der Waals surface area contributed by atoms with Crippen molar-refractivity contribution < 1.29 is 9.47 Å². The normalized spacial score (nSPS) is 43.5. The summed E-state index contributed by atoms with van der Waals surface area (Å²) in [5.41, 5.74) is 2.17. The maximum atomic E-state index is 6.44. The maximum absolute atomic E-state index is 6.44. The van der Waals surface area contributed by atoms with Crippen LogP contribution in [-0.4, -0.2) is 18.5 Å². The summed E-state index contributed by atoms with van der Waals surface area (Å²) < 4.78 is 12.2. The monoisotopic (exact) mass is 306 g/mol. The van der Waals surface area contributed by atoms with Crippen molar-refractivity contribution in [1.82, 2.24) is 0 Å². The summed E-state index contributed by atoms with van der Waals surface area (Å²) in [5, 5.41) is 0. The highest BCUT2D eigenvalue weighted by Crippen LogP contribution is 2.72. The van der Waals surface area contributed by atoms with Crippen LogP contribution >= 0.6 is 0 Å². The lowest BCUT2D eigenvalue weighted by Gasteiger charge is -2.44. The van der Waals surface area contributed by atoms with Crippen molar-refractivity contribution in [2.45, 2.75) is 79.1 Å². The molecule has 0 heterocycles. The molecule has 3 aliphatic rings. The maximum Gasteiger partial charge on any atom is 0.163 e. The van der Waals surface area contributed by atoms with Gasteiger partial charge in [0, 0.05) is 6.61 Å². The van der Waals surface area contributed by atoms with Gasteiger partial charge in [0.05, 0.1) is 6.10 Å². The Morgan fingerprint density at radius 1 is 1.23 bits per heavy atom. The van der Waals surface area contributed by atoms with E-state index < -0.39 is 5.79 Å². The first-order chi connectivity index (χ1) is 10.1. The second-order valence-electron chi connectivity index (χ2n) is 9.06. The Bertz CT molecular complexity index is 464. The lowest BCUT2D eigenvalue weighted by molar-refractivity contribution is -0.236. The molecule has 2 bridgehead atoms. The van der Waals surface area contributed by atoms with E-state index in [1.54, 1.807) is 0 Å². The average molecular weight is 306 g/mol. The predicted molar refractivity (Wildman–Crippen MR) is 90.5 cm³/mol. The van der Waals surface area contributed by atoms with Crippen molar-refractivity contribution in [2.75, 3.05) is 6.61 Å². The Balaban J connectivity index is 1.89. The van der Waals surface area contributed by atoms with Crippen LogP contribution in [0.2, 0.25) is 0 Å². The first-order valence-corrected chi connectivity index (χ1v) is 9.14. The van der Waals surface area contributed by atoms with Crippen molar-refractivity contribution >= 4 is 0 Å². The van der Waals surface area contributed by atoms with E-state index in [0.717, 1.165) is 18.3 Å². The molecule has 3 rings (SSSR count). The van der Waals surface area contributed by atoms with Crippen molar-refractivity contribution in [1.29, 1.82) is 0 Å². The molecule has 1 spiro atoms. The fraction of sp³-hybridized carbons (Fsp3) is 0.900. The zero-order valence-corrected chi connectivity index (χ0v) is 15.4. The summed E-state index contributed by atoms with van der Waals surface area (Å²) in [6.45, 7) is 18.7. The topological polar surface area (TPSA) is 18.5 Å². The third-order valence-electron chi connectivity index (χ3n) is 7.29. The van der Waals surface area contributed by atoms with Crippen molar-refractivity contribution in [2.24, 2.45) is 28.6 Å². The molecule has 0 saturated heterocycles. The van der Waals surface area contributed by atoms with Gasteiger partial charge in [0.15, 0.2) is 5.79 Å². The fourth-order valence-electron chi connectivity index (χ4n) is 6.26. The molecule has 0 aromatic carbocycles. The minimum absolute atomic E-state index is 0.158. The molecule has 3 fully saturated rings. The first kappa shape index (κ1) is 16.5. The lowest BCUT2D eigenvalue weighted by atomic mass is 9.66. The summed E-state index contributed by atoms with van der Waals surface area (Å²) in [6, 6.07) is 0. The predicted octanol–water partition coefficient (Wildman–Crippen LogP) is 5.18. The fourth-order valence-corrected chi connectivity index (χ4v) is 6.26.